The van der Waals surface area contributed by atoms with E-state index in [4.69, 9.17) is 5.14 Å². The summed E-state index contributed by atoms with van der Waals surface area (Å²) in [6.07, 6.45) is 0.929. The van der Waals surface area contributed by atoms with Gasteiger partial charge in [0.25, 0.3) is 0 Å². The Morgan fingerprint density at radius 3 is 2.42 bits per heavy atom. The highest BCUT2D eigenvalue weighted by Crippen LogP contribution is 2.25. The van der Waals surface area contributed by atoms with Gasteiger partial charge in [-0.1, -0.05) is 42.5 Å². The van der Waals surface area contributed by atoms with E-state index in [1.54, 1.807) is 12.1 Å². The fourth-order valence-electron chi connectivity index (χ4n) is 2.26. The van der Waals surface area contributed by atoms with E-state index in [9.17, 15) is 8.42 Å². The third-order valence-electron chi connectivity index (χ3n) is 3.52. The molecule has 0 radical (unpaired) electrons. The highest BCUT2D eigenvalue weighted by molar-refractivity contribution is 7.89. The van der Waals surface area contributed by atoms with Gasteiger partial charge in [-0.25, -0.2) is 18.5 Å². The van der Waals surface area contributed by atoms with E-state index >= 15 is 0 Å². The summed E-state index contributed by atoms with van der Waals surface area (Å²) in [5.41, 5.74) is 2.94. The molecule has 5 nitrogen and oxygen atoms in total. The van der Waals surface area contributed by atoms with Crippen molar-refractivity contribution in [1.29, 1.82) is 0 Å². The molecule has 0 fully saturated rings. The highest BCUT2D eigenvalue weighted by atomic mass is 32.2. The summed E-state index contributed by atoms with van der Waals surface area (Å²) in [5.74, 6) is 0. The maximum atomic E-state index is 11.3. The lowest BCUT2D eigenvalue weighted by Gasteiger charge is -2.03. The Morgan fingerprint density at radius 2 is 1.75 bits per heavy atom. The van der Waals surface area contributed by atoms with Gasteiger partial charge in [-0.05, 0) is 24.1 Å². The molecule has 0 aliphatic carbocycles. The summed E-state index contributed by atoms with van der Waals surface area (Å²) in [6, 6.07) is 16.7. The van der Waals surface area contributed by atoms with Crippen molar-refractivity contribution in [2.75, 3.05) is 11.9 Å². The van der Waals surface area contributed by atoms with E-state index in [1.165, 1.54) is 29.0 Å². The van der Waals surface area contributed by atoms with Gasteiger partial charge in [0.1, 0.15) is 0 Å². The van der Waals surface area contributed by atoms with Gasteiger partial charge in [0.15, 0.2) is 5.13 Å². The molecule has 3 N–H and O–H groups in total. The van der Waals surface area contributed by atoms with Crippen LogP contribution in [0.1, 0.15) is 5.56 Å². The van der Waals surface area contributed by atoms with Gasteiger partial charge < -0.3 is 5.32 Å². The second kappa shape index (κ2) is 7.12. The minimum absolute atomic E-state index is 0.0997. The number of nitrogens with two attached hydrogens (primary N) is 1. The number of hydrogen-bond acceptors (Lipinski definition) is 5. The monoisotopic (exact) mass is 359 g/mol. The zero-order valence-corrected chi connectivity index (χ0v) is 14.5. The average Bonchev–Trinajstić information content (AvgIpc) is 3.04. The number of anilines is 1. The zero-order valence-electron chi connectivity index (χ0n) is 12.8. The van der Waals surface area contributed by atoms with E-state index in [1.807, 2.05) is 23.6 Å². The SMILES string of the molecule is NS(=O)(=O)c1ccc(-c2csc(NCCc3ccccc3)n2)cc1. The Kier molecular flexibility index (Phi) is 4.94. The Morgan fingerprint density at radius 1 is 1.04 bits per heavy atom. The van der Waals surface area contributed by atoms with E-state index in [2.05, 4.69) is 22.4 Å². The number of sulfonamides is 1. The standard InChI is InChI=1S/C17H17N3O2S2/c18-24(21,22)15-8-6-14(7-9-15)16-12-23-17(20-16)19-11-10-13-4-2-1-3-5-13/h1-9,12H,10-11H2,(H,19,20)(H2,18,21,22). The van der Waals surface area contributed by atoms with Crippen LogP contribution >= 0.6 is 11.3 Å². The van der Waals surface area contributed by atoms with Crippen molar-refractivity contribution in [3.8, 4) is 11.3 Å². The number of thiazole rings is 1. The molecule has 1 aromatic heterocycles. The molecule has 0 saturated carbocycles. The van der Waals surface area contributed by atoms with Crippen LogP contribution in [-0.2, 0) is 16.4 Å². The minimum Gasteiger partial charge on any atom is -0.361 e. The molecule has 0 bridgehead atoms. The first-order valence-electron chi connectivity index (χ1n) is 7.39. The molecule has 0 atom stereocenters. The first-order valence-corrected chi connectivity index (χ1v) is 9.81. The summed E-state index contributed by atoms with van der Waals surface area (Å²) in [6.45, 7) is 0.807. The number of nitrogens with one attached hydrogen (secondary N) is 1. The predicted octanol–water partition coefficient (Wildman–Crippen LogP) is 3.11. The Hall–Kier alpha value is -2.22. The molecular formula is C17H17N3O2S2. The summed E-state index contributed by atoms with van der Waals surface area (Å²) >= 11 is 1.52. The van der Waals surface area contributed by atoms with Crippen molar-refractivity contribution in [3.05, 3.63) is 65.5 Å². The number of primary sulfonamides is 1. The van der Waals surface area contributed by atoms with Crippen molar-refractivity contribution >= 4 is 26.5 Å². The van der Waals surface area contributed by atoms with Crippen molar-refractivity contribution in [2.24, 2.45) is 5.14 Å². The molecule has 2 aromatic carbocycles. The van der Waals surface area contributed by atoms with Gasteiger partial charge in [0.05, 0.1) is 10.6 Å². The number of benzene rings is 2. The third kappa shape index (κ3) is 4.19. The van der Waals surface area contributed by atoms with Gasteiger partial charge in [0.2, 0.25) is 10.0 Å². The summed E-state index contributed by atoms with van der Waals surface area (Å²) in [7, 11) is -3.67. The first kappa shape index (κ1) is 16.6. The molecule has 0 amide bonds. The van der Waals surface area contributed by atoms with Crippen LogP contribution < -0.4 is 10.5 Å². The fourth-order valence-corrected chi connectivity index (χ4v) is 3.53. The molecule has 0 aliphatic heterocycles. The number of rotatable bonds is 6. The molecule has 0 unspecified atom stereocenters. The maximum absolute atomic E-state index is 11.3. The highest BCUT2D eigenvalue weighted by Gasteiger charge is 2.09. The lowest BCUT2D eigenvalue weighted by atomic mass is 10.1. The Labute approximate surface area is 145 Å². The molecule has 3 aromatic rings. The van der Waals surface area contributed by atoms with Crippen LogP contribution in [0.15, 0.2) is 64.9 Å². The van der Waals surface area contributed by atoms with Crippen LogP contribution in [0, 0.1) is 0 Å². The molecule has 3 rings (SSSR count). The van der Waals surface area contributed by atoms with Crippen molar-refractivity contribution in [3.63, 3.8) is 0 Å². The molecule has 124 valence electrons. The lowest BCUT2D eigenvalue weighted by molar-refractivity contribution is 0.598. The first-order chi connectivity index (χ1) is 11.5. The van der Waals surface area contributed by atoms with E-state index in [-0.39, 0.29) is 4.90 Å². The molecular weight excluding hydrogens is 342 g/mol. The number of nitrogens with zero attached hydrogens (tertiary/aromatic N) is 1. The molecule has 0 saturated heterocycles. The number of aromatic nitrogens is 1. The smallest absolute Gasteiger partial charge is 0.238 e. The zero-order chi connectivity index (χ0) is 17.0. The van der Waals surface area contributed by atoms with Crippen LogP contribution in [0.2, 0.25) is 0 Å². The fraction of sp³-hybridized carbons (Fsp3) is 0.118. The normalized spacial score (nSPS) is 11.4. The summed E-state index contributed by atoms with van der Waals surface area (Å²) in [4.78, 5) is 4.63. The second-order valence-corrected chi connectivity index (χ2v) is 7.69. The van der Waals surface area contributed by atoms with Gasteiger partial charge in [0, 0.05) is 17.5 Å². The van der Waals surface area contributed by atoms with E-state index in [0.29, 0.717) is 0 Å². The lowest BCUT2D eigenvalue weighted by Crippen LogP contribution is -2.11. The summed E-state index contributed by atoms with van der Waals surface area (Å²) < 4.78 is 22.5. The molecule has 0 spiro atoms. The average molecular weight is 359 g/mol. The predicted molar refractivity (Wildman–Crippen MR) is 97.6 cm³/mol. The van der Waals surface area contributed by atoms with Crippen LogP contribution in [0.3, 0.4) is 0 Å². The Balaban J connectivity index is 1.63. The van der Waals surface area contributed by atoms with Crippen molar-refractivity contribution in [2.45, 2.75) is 11.3 Å². The van der Waals surface area contributed by atoms with Crippen LogP contribution in [0.25, 0.3) is 11.3 Å². The van der Waals surface area contributed by atoms with Gasteiger partial charge in [-0.3, -0.25) is 0 Å². The van der Waals surface area contributed by atoms with Gasteiger partial charge >= 0.3 is 0 Å². The quantitative estimate of drug-likeness (QED) is 0.708. The topological polar surface area (TPSA) is 85.1 Å². The van der Waals surface area contributed by atoms with Crippen LogP contribution in [0.5, 0.6) is 0 Å². The molecule has 0 aliphatic rings. The Bertz CT molecular complexity index is 905. The van der Waals surface area contributed by atoms with E-state index in [0.717, 1.165) is 29.4 Å². The maximum Gasteiger partial charge on any atom is 0.238 e. The third-order valence-corrected chi connectivity index (χ3v) is 5.24. The van der Waals surface area contributed by atoms with Crippen molar-refractivity contribution < 1.29 is 8.42 Å². The van der Waals surface area contributed by atoms with Crippen LogP contribution in [0.4, 0.5) is 5.13 Å². The molecule has 7 heteroatoms. The van der Waals surface area contributed by atoms with Gasteiger partial charge in [-0.15, -0.1) is 11.3 Å². The molecule has 1 heterocycles. The second-order valence-electron chi connectivity index (χ2n) is 5.27. The van der Waals surface area contributed by atoms with Crippen molar-refractivity contribution in [1.82, 2.24) is 4.98 Å². The summed E-state index contributed by atoms with van der Waals surface area (Å²) in [5, 5.41) is 11.2. The largest absolute Gasteiger partial charge is 0.361 e. The van der Waals surface area contributed by atoms with Gasteiger partial charge in [-0.2, -0.15) is 0 Å². The molecule has 24 heavy (non-hydrogen) atoms. The van der Waals surface area contributed by atoms with Crippen LogP contribution in [-0.4, -0.2) is 19.9 Å². The minimum atomic E-state index is -3.67. The van der Waals surface area contributed by atoms with E-state index < -0.39 is 10.0 Å². The number of hydrogen-bond donors (Lipinski definition) is 2.